The fraction of sp³-hybridized carbons (Fsp3) is 0. The van der Waals surface area contributed by atoms with Gasteiger partial charge in [0.15, 0.2) is 0 Å². The zero-order chi connectivity index (χ0) is 5.15. The van der Waals surface area contributed by atoms with E-state index < -0.39 is 11.9 Å². The first-order valence-electron chi connectivity index (χ1n) is 1.11. The summed E-state index contributed by atoms with van der Waals surface area (Å²) >= 11 is 0. The van der Waals surface area contributed by atoms with Gasteiger partial charge in [0.25, 0.3) is 0 Å². The van der Waals surface area contributed by atoms with Gasteiger partial charge in [0.2, 0.25) is 0 Å². The van der Waals surface area contributed by atoms with Crippen molar-refractivity contribution >= 4 is 98.6 Å². The van der Waals surface area contributed by atoms with E-state index in [1.165, 1.54) is 0 Å². The smallest absolute Gasteiger partial charge is 0 e. The van der Waals surface area contributed by atoms with E-state index in [0.717, 1.165) is 0 Å². The largest absolute Gasteiger partial charge is 0 e. The maximum atomic E-state index is 9.10. The molecule has 0 unspecified atom stereocenters. The minimum absolute atomic E-state index is 0. The van der Waals surface area contributed by atoms with Gasteiger partial charge < -0.3 is 10.2 Å². The Hall–Kier alpha value is 2.49. The van der Waals surface area contributed by atoms with Crippen molar-refractivity contribution in [2.45, 2.75) is 0 Å². The first-order valence-corrected chi connectivity index (χ1v) is 1.11. The maximum Gasteiger partial charge on any atom is 0 e. The summed E-state index contributed by atoms with van der Waals surface area (Å²) in [6.45, 7) is 0. The average Bonchev–Trinajstić information content (AvgIpc) is 1.36. The molecule has 2 N–H and O–H groups in total. The summed E-state index contributed by atoms with van der Waals surface area (Å²) in [5.74, 6) is -3.65. The van der Waals surface area contributed by atoms with Crippen LogP contribution in [0.25, 0.3) is 0 Å². The van der Waals surface area contributed by atoms with Crippen molar-refractivity contribution < 1.29 is 41.5 Å². The number of carbonyl (C=O) groups is 2. The summed E-state index contributed by atoms with van der Waals surface area (Å²) in [4.78, 5) is 18.2. The van der Waals surface area contributed by atoms with E-state index in [2.05, 4.69) is 0 Å². The zero-order valence-corrected chi connectivity index (χ0v) is 4.77. The number of hydrogen-bond acceptors (Lipinski definition) is 2. The first-order chi connectivity index (χ1) is 2.64. The summed E-state index contributed by atoms with van der Waals surface area (Å²) < 4.78 is 0. The van der Waals surface area contributed by atoms with Crippen LogP contribution in [0.3, 0.4) is 0 Å². The van der Waals surface area contributed by atoms with Crippen LogP contribution in [0, 0.1) is 0 Å². The molecule has 0 amide bonds. The van der Waals surface area contributed by atoms with Crippen LogP contribution in [0.1, 0.15) is 0 Å². The monoisotopic (exact) mass is 320 g/mol. The summed E-state index contributed by atoms with van der Waals surface area (Å²) in [5.41, 5.74) is 0. The van der Waals surface area contributed by atoms with Crippen LogP contribution in [0.5, 0.6) is 0 Å². The SMILES string of the molecule is O=C(O)C(=O)O.[BaH2].[CaH2].[Ti]. The first kappa shape index (κ1) is 22.5. The number of hydrogen-bond donors (Lipinski definition) is 2. The molecule has 0 atom stereocenters. The molecule has 4 nitrogen and oxygen atoms in total. The van der Waals surface area contributed by atoms with Crippen LogP contribution < -0.4 is 0 Å². The molecular formula is C2H6BaCaO4Ti. The van der Waals surface area contributed by atoms with Gasteiger partial charge in [0, 0.05) is 21.7 Å². The molecule has 0 saturated heterocycles. The van der Waals surface area contributed by atoms with Gasteiger partial charge in [-0.2, -0.15) is 0 Å². The Morgan fingerprint density at radius 2 is 1.11 bits per heavy atom. The number of carboxylic acids is 2. The Balaban J connectivity index is -0.0000000417. The molecule has 0 saturated carbocycles. The van der Waals surface area contributed by atoms with Gasteiger partial charge in [0.1, 0.15) is 0 Å². The van der Waals surface area contributed by atoms with E-state index in [0.29, 0.717) is 0 Å². The topological polar surface area (TPSA) is 74.6 Å². The van der Waals surface area contributed by atoms with Crippen molar-refractivity contribution in [3.63, 3.8) is 0 Å². The Morgan fingerprint density at radius 1 is 1.00 bits per heavy atom. The quantitative estimate of drug-likeness (QED) is 0.377. The molecule has 9 heavy (non-hydrogen) atoms. The summed E-state index contributed by atoms with van der Waals surface area (Å²) in [6, 6.07) is 0. The van der Waals surface area contributed by atoms with Crippen molar-refractivity contribution in [2.24, 2.45) is 0 Å². The Bertz CT molecular complexity index is 84.6. The van der Waals surface area contributed by atoms with Gasteiger partial charge in [-0.3, -0.25) is 0 Å². The number of carboxylic acid groups (broad SMARTS) is 2. The zero-order valence-electron chi connectivity index (χ0n) is 3.21. The molecule has 7 heteroatoms. The van der Waals surface area contributed by atoms with Gasteiger partial charge in [0.05, 0.1) is 0 Å². The van der Waals surface area contributed by atoms with Crippen molar-refractivity contribution in [3.8, 4) is 0 Å². The predicted molar refractivity (Wildman–Crippen MR) is 32.4 cm³/mol. The summed E-state index contributed by atoms with van der Waals surface area (Å²) in [6.07, 6.45) is 0. The van der Waals surface area contributed by atoms with Crippen molar-refractivity contribution in [3.05, 3.63) is 0 Å². The second-order valence-corrected chi connectivity index (χ2v) is 0.610. The molecule has 46 valence electrons. The molecule has 0 aromatic carbocycles. The molecule has 0 aliphatic carbocycles. The molecule has 0 aliphatic heterocycles. The molecule has 0 spiro atoms. The summed E-state index contributed by atoms with van der Waals surface area (Å²) in [7, 11) is 0. The molecule has 0 bridgehead atoms. The molecular weight excluding hydrogens is 313 g/mol. The third-order valence-electron chi connectivity index (χ3n) is 0.183. The second kappa shape index (κ2) is 13.1. The van der Waals surface area contributed by atoms with Crippen LogP contribution in [-0.2, 0) is 31.3 Å². The fourth-order valence-electron chi connectivity index (χ4n) is 0. The normalized spacial score (nSPS) is 4.89. The van der Waals surface area contributed by atoms with Gasteiger partial charge in [-0.05, 0) is 0 Å². The van der Waals surface area contributed by atoms with Crippen LogP contribution in [0.15, 0.2) is 0 Å². The minimum Gasteiger partial charge on any atom is 0 e. The average molecular weight is 319 g/mol. The van der Waals surface area contributed by atoms with E-state index in [1.54, 1.807) is 0 Å². The van der Waals surface area contributed by atoms with Gasteiger partial charge in [-0.25, -0.2) is 9.59 Å². The predicted octanol–water partition coefficient (Wildman–Crippen LogP) is -2.68. The number of aliphatic carboxylic acids is 2. The van der Waals surface area contributed by atoms with Crippen LogP contribution in [-0.4, -0.2) is 109 Å². The fourth-order valence-corrected chi connectivity index (χ4v) is 0. The minimum atomic E-state index is -1.82. The van der Waals surface area contributed by atoms with E-state index in [1.807, 2.05) is 0 Å². The standard InChI is InChI=1S/C2H2O4.Ba.Ca.Ti.4H/c3-1(4)2(5)6;;;;;;;/h(H,3,4)(H,5,6);;;;;;;. The van der Waals surface area contributed by atoms with Gasteiger partial charge in [-0.1, -0.05) is 0 Å². The van der Waals surface area contributed by atoms with Crippen LogP contribution in [0.4, 0.5) is 0 Å². The Kier molecular flexibility index (Phi) is 32.8. The van der Waals surface area contributed by atoms with Crippen LogP contribution in [0.2, 0.25) is 0 Å². The van der Waals surface area contributed by atoms with E-state index in [4.69, 9.17) is 19.8 Å². The van der Waals surface area contributed by atoms with Crippen molar-refractivity contribution in [1.82, 2.24) is 0 Å². The van der Waals surface area contributed by atoms with Gasteiger partial charge >= 0.3 is 98.6 Å². The molecule has 0 aromatic rings. The van der Waals surface area contributed by atoms with E-state index in [9.17, 15) is 0 Å². The summed E-state index contributed by atoms with van der Waals surface area (Å²) in [5, 5.41) is 14.8. The van der Waals surface area contributed by atoms with Gasteiger partial charge in [-0.15, -0.1) is 0 Å². The molecule has 0 aliphatic rings. The van der Waals surface area contributed by atoms with Crippen molar-refractivity contribution in [2.75, 3.05) is 0 Å². The third kappa shape index (κ3) is 17.9. The molecule has 0 rings (SSSR count). The molecule has 0 aromatic heterocycles. The van der Waals surface area contributed by atoms with E-state index in [-0.39, 0.29) is 108 Å². The van der Waals surface area contributed by atoms with Crippen LogP contribution >= 0.6 is 0 Å². The second-order valence-electron chi connectivity index (χ2n) is 0.610. The van der Waals surface area contributed by atoms with E-state index >= 15 is 0 Å². The molecule has 0 heterocycles. The number of rotatable bonds is 0. The molecule has 0 fully saturated rings. The Labute approximate surface area is 137 Å². The Morgan fingerprint density at radius 3 is 1.11 bits per heavy atom. The maximum absolute atomic E-state index is 9.10. The third-order valence-corrected chi connectivity index (χ3v) is 0.183. The van der Waals surface area contributed by atoms with Crippen molar-refractivity contribution in [1.29, 1.82) is 0 Å². The molecule has 0 radical (unpaired) electrons.